The summed E-state index contributed by atoms with van der Waals surface area (Å²) in [6, 6.07) is 9.81. The van der Waals surface area contributed by atoms with E-state index in [2.05, 4.69) is 19.9 Å². The van der Waals surface area contributed by atoms with Crippen molar-refractivity contribution in [3.63, 3.8) is 0 Å². The molecule has 0 spiro atoms. The molecule has 1 heteroatoms. The van der Waals surface area contributed by atoms with Gasteiger partial charge in [0.05, 0.1) is 11.6 Å². The molecule has 0 radical (unpaired) electrons. The molecule has 0 aliphatic carbocycles. The summed E-state index contributed by atoms with van der Waals surface area (Å²) in [4.78, 5) is 0. The molecule has 1 aromatic rings. The number of nitrogens with zero attached hydrogens (tertiary/aromatic N) is 1. The molecule has 0 bridgehead atoms. The molecule has 0 saturated heterocycles. The minimum Gasteiger partial charge on any atom is -0.192 e. The van der Waals surface area contributed by atoms with Gasteiger partial charge in [-0.15, -0.1) is 0 Å². The van der Waals surface area contributed by atoms with Crippen LogP contribution in [0.3, 0.4) is 0 Å². The summed E-state index contributed by atoms with van der Waals surface area (Å²) in [5.74, 6) is 0.544. The molecule has 0 atom stereocenters. The molecule has 0 aliphatic rings. The zero-order valence-electron chi connectivity index (χ0n) is 8.83. The van der Waals surface area contributed by atoms with E-state index in [0.29, 0.717) is 5.92 Å². The van der Waals surface area contributed by atoms with Crippen molar-refractivity contribution in [3.05, 3.63) is 35.4 Å². The molecule has 0 saturated carbocycles. The van der Waals surface area contributed by atoms with Crippen LogP contribution in [0.15, 0.2) is 24.3 Å². The van der Waals surface area contributed by atoms with Gasteiger partial charge in [-0.25, -0.2) is 0 Å². The highest BCUT2D eigenvalue weighted by Crippen LogP contribution is 2.13. The van der Waals surface area contributed by atoms with E-state index in [4.69, 9.17) is 5.26 Å². The fraction of sp³-hybridized carbons (Fsp3) is 0.417. The second kappa shape index (κ2) is 6.25. The van der Waals surface area contributed by atoms with Crippen molar-refractivity contribution in [2.24, 2.45) is 0 Å². The summed E-state index contributed by atoms with van der Waals surface area (Å²) in [5, 5.41) is 8.52. The molecule has 70 valence electrons. The molecule has 0 amide bonds. The second-order valence-corrected chi connectivity index (χ2v) is 2.89. The first-order chi connectivity index (χ1) is 6.24. The summed E-state index contributed by atoms with van der Waals surface area (Å²) in [6.45, 7) is 8.28. The summed E-state index contributed by atoms with van der Waals surface area (Å²) in [5.41, 5.74) is 2.01. The molecule has 0 aromatic heterocycles. The Hall–Kier alpha value is -1.29. The topological polar surface area (TPSA) is 23.8 Å². The normalized spacial score (nSPS) is 8.62. The van der Waals surface area contributed by atoms with Gasteiger partial charge in [0.15, 0.2) is 0 Å². The molecule has 0 heterocycles. The van der Waals surface area contributed by atoms with Crippen LogP contribution in [0.1, 0.15) is 44.7 Å². The van der Waals surface area contributed by atoms with Crippen LogP contribution in [0.2, 0.25) is 0 Å². The molecule has 1 aromatic carbocycles. The average Bonchev–Trinajstić information content (AvgIpc) is 2.21. The lowest BCUT2D eigenvalue weighted by Gasteiger charge is -2.02. The fourth-order valence-electron chi connectivity index (χ4n) is 0.943. The Morgan fingerprint density at radius 2 is 1.54 bits per heavy atom. The Balaban J connectivity index is 0.000000671. The summed E-state index contributed by atoms with van der Waals surface area (Å²) in [7, 11) is 0. The van der Waals surface area contributed by atoms with Crippen LogP contribution >= 0.6 is 0 Å². The Morgan fingerprint density at radius 1 is 1.08 bits per heavy atom. The lowest BCUT2D eigenvalue weighted by Crippen LogP contribution is -1.85. The highest BCUT2D eigenvalue weighted by molar-refractivity contribution is 5.32. The SMILES string of the molecule is CC.CC(C)c1ccc(C#N)cc1. The van der Waals surface area contributed by atoms with Gasteiger partial charge < -0.3 is 0 Å². The molecule has 0 unspecified atom stereocenters. The summed E-state index contributed by atoms with van der Waals surface area (Å²) < 4.78 is 0. The molecule has 0 N–H and O–H groups in total. The quantitative estimate of drug-likeness (QED) is 0.638. The van der Waals surface area contributed by atoms with E-state index in [1.807, 2.05) is 38.1 Å². The van der Waals surface area contributed by atoms with Crippen LogP contribution in [0, 0.1) is 11.3 Å². The van der Waals surface area contributed by atoms with Gasteiger partial charge in [-0.2, -0.15) is 5.26 Å². The van der Waals surface area contributed by atoms with Crippen molar-refractivity contribution in [1.29, 1.82) is 5.26 Å². The predicted octanol–water partition coefficient (Wildman–Crippen LogP) is 3.71. The summed E-state index contributed by atoms with van der Waals surface area (Å²) >= 11 is 0. The standard InChI is InChI=1S/C10H11N.C2H6/c1-8(2)10-5-3-9(7-11)4-6-10;1-2/h3-6,8H,1-2H3;1-2H3. The summed E-state index contributed by atoms with van der Waals surface area (Å²) in [6.07, 6.45) is 0. The van der Waals surface area contributed by atoms with Gasteiger partial charge in [-0.1, -0.05) is 39.8 Å². The van der Waals surface area contributed by atoms with E-state index in [1.165, 1.54) is 5.56 Å². The van der Waals surface area contributed by atoms with Gasteiger partial charge in [0.2, 0.25) is 0 Å². The van der Waals surface area contributed by atoms with Crippen LogP contribution in [0.5, 0.6) is 0 Å². The van der Waals surface area contributed by atoms with E-state index in [-0.39, 0.29) is 0 Å². The van der Waals surface area contributed by atoms with Crippen LogP contribution < -0.4 is 0 Å². The fourth-order valence-corrected chi connectivity index (χ4v) is 0.943. The number of hydrogen-bond acceptors (Lipinski definition) is 1. The zero-order valence-corrected chi connectivity index (χ0v) is 8.83. The predicted molar refractivity (Wildman–Crippen MR) is 56.6 cm³/mol. The maximum absolute atomic E-state index is 8.52. The molecular formula is C12H17N. The van der Waals surface area contributed by atoms with Gasteiger partial charge in [0.1, 0.15) is 0 Å². The molecule has 1 nitrogen and oxygen atoms in total. The first-order valence-corrected chi connectivity index (χ1v) is 4.74. The van der Waals surface area contributed by atoms with Crippen LogP contribution in [0.4, 0.5) is 0 Å². The smallest absolute Gasteiger partial charge is 0.0991 e. The third kappa shape index (κ3) is 3.75. The highest BCUT2D eigenvalue weighted by Gasteiger charge is 1.96. The van der Waals surface area contributed by atoms with Crippen molar-refractivity contribution < 1.29 is 0 Å². The van der Waals surface area contributed by atoms with Gasteiger partial charge in [-0.05, 0) is 23.6 Å². The van der Waals surface area contributed by atoms with Crippen LogP contribution in [0.25, 0.3) is 0 Å². The highest BCUT2D eigenvalue weighted by atomic mass is 14.2. The van der Waals surface area contributed by atoms with E-state index in [0.717, 1.165) is 5.56 Å². The first kappa shape index (κ1) is 11.7. The van der Waals surface area contributed by atoms with Crippen molar-refractivity contribution in [2.75, 3.05) is 0 Å². The third-order valence-electron chi connectivity index (χ3n) is 1.71. The maximum Gasteiger partial charge on any atom is 0.0991 e. The van der Waals surface area contributed by atoms with E-state index >= 15 is 0 Å². The minimum absolute atomic E-state index is 0.544. The third-order valence-corrected chi connectivity index (χ3v) is 1.71. The Bertz CT molecular complexity index is 264. The molecule has 0 fully saturated rings. The second-order valence-electron chi connectivity index (χ2n) is 2.89. The number of hydrogen-bond donors (Lipinski definition) is 0. The molecule has 1 rings (SSSR count). The van der Waals surface area contributed by atoms with Gasteiger partial charge in [0, 0.05) is 0 Å². The van der Waals surface area contributed by atoms with E-state index in [9.17, 15) is 0 Å². The largest absolute Gasteiger partial charge is 0.192 e. The molecular weight excluding hydrogens is 158 g/mol. The van der Waals surface area contributed by atoms with Crippen LogP contribution in [-0.2, 0) is 0 Å². The minimum atomic E-state index is 0.544. The Labute approximate surface area is 81.0 Å². The number of benzene rings is 1. The lowest BCUT2D eigenvalue weighted by molar-refractivity contribution is 0.866. The monoisotopic (exact) mass is 175 g/mol. The number of rotatable bonds is 1. The molecule has 0 aliphatic heterocycles. The maximum atomic E-state index is 8.52. The van der Waals surface area contributed by atoms with Crippen molar-refractivity contribution >= 4 is 0 Å². The van der Waals surface area contributed by atoms with Crippen molar-refractivity contribution in [2.45, 2.75) is 33.6 Å². The zero-order chi connectivity index (χ0) is 10.3. The molecule has 13 heavy (non-hydrogen) atoms. The van der Waals surface area contributed by atoms with E-state index < -0.39 is 0 Å². The Kier molecular flexibility index (Phi) is 5.63. The van der Waals surface area contributed by atoms with Gasteiger partial charge >= 0.3 is 0 Å². The van der Waals surface area contributed by atoms with E-state index in [1.54, 1.807) is 0 Å². The van der Waals surface area contributed by atoms with Crippen molar-refractivity contribution in [1.82, 2.24) is 0 Å². The average molecular weight is 175 g/mol. The number of nitriles is 1. The van der Waals surface area contributed by atoms with Gasteiger partial charge in [-0.3, -0.25) is 0 Å². The Morgan fingerprint density at radius 3 is 1.85 bits per heavy atom. The van der Waals surface area contributed by atoms with Gasteiger partial charge in [0.25, 0.3) is 0 Å². The van der Waals surface area contributed by atoms with Crippen molar-refractivity contribution in [3.8, 4) is 6.07 Å². The van der Waals surface area contributed by atoms with Crippen LogP contribution in [-0.4, -0.2) is 0 Å². The first-order valence-electron chi connectivity index (χ1n) is 4.74. The lowest BCUT2D eigenvalue weighted by atomic mass is 10.0.